The number of hydrogen-bond donors (Lipinski definition) is 0. The van der Waals surface area contributed by atoms with Crippen LogP contribution in [-0.4, -0.2) is 23.5 Å². The first-order valence-electron chi connectivity index (χ1n) is 5.18. The van der Waals surface area contributed by atoms with Crippen LogP contribution in [0.15, 0.2) is 0 Å². The molecule has 1 atom stereocenters. The highest BCUT2D eigenvalue weighted by atomic mass is 15.2. The zero-order chi connectivity index (χ0) is 9.78. The van der Waals surface area contributed by atoms with E-state index in [9.17, 15) is 0 Å². The lowest BCUT2D eigenvalue weighted by Crippen LogP contribution is -2.45. The molecule has 0 spiro atoms. The van der Waals surface area contributed by atoms with Gasteiger partial charge in [-0.05, 0) is 40.7 Å². The van der Waals surface area contributed by atoms with Gasteiger partial charge in [-0.15, -0.1) is 0 Å². The Hall–Kier alpha value is -0.0400. The van der Waals surface area contributed by atoms with E-state index in [0.717, 1.165) is 0 Å². The fraction of sp³-hybridized carbons (Fsp3) is 1.00. The van der Waals surface area contributed by atoms with E-state index in [0.29, 0.717) is 11.6 Å². The summed E-state index contributed by atoms with van der Waals surface area (Å²) < 4.78 is 0. The molecule has 0 heterocycles. The molecule has 0 rings (SSSR count). The van der Waals surface area contributed by atoms with Crippen LogP contribution in [0.25, 0.3) is 0 Å². The second-order valence-electron chi connectivity index (χ2n) is 4.41. The Balaban J connectivity index is 4.07. The highest BCUT2D eigenvalue weighted by Gasteiger charge is 2.24. The van der Waals surface area contributed by atoms with Crippen molar-refractivity contribution in [2.24, 2.45) is 0 Å². The summed E-state index contributed by atoms with van der Waals surface area (Å²) in [6.45, 7) is 11.5. The summed E-state index contributed by atoms with van der Waals surface area (Å²) in [4.78, 5) is 2.50. The van der Waals surface area contributed by atoms with E-state index in [1.807, 2.05) is 0 Å². The Morgan fingerprint density at radius 1 is 1.25 bits per heavy atom. The van der Waals surface area contributed by atoms with Gasteiger partial charge in [-0.3, -0.25) is 4.90 Å². The Morgan fingerprint density at radius 2 is 1.75 bits per heavy atom. The van der Waals surface area contributed by atoms with Gasteiger partial charge < -0.3 is 0 Å². The van der Waals surface area contributed by atoms with Crippen LogP contribution in [-0.2, 0) is 0 Å². The van der Waals surface area contributed by atoms with Gasteiger partial charge in [0, 0.05) is 11.6 Å². The van der Waals surface area contributed by atoms with Crippen molar-refractivity contribution < 1.29 is 0 Å². The number of nitrogens with zero attached hydrogens (tertiary/aromatic N) is 1. The molecule has 0 saturated heterocycles. The average Bonchev–Trinajstić information content (AvgIpc) is 2.03. The molecule has 12 heavy (non-hydrogen) atoms. The first kappa shape index (κ1) is 12.0. The summed E-state index contributed by atoms with van der Waals surface area (Å²) in [6, 6.07) is 0.713. The molecule has 1 unspecified atom stereocenters. The lowest BCUT2D eigenvalue weighted by molar-refractivity contribution is 0.101. The maximum absolute atomic E-state index is 2.50. The Kier molecular flexibility index (Phi) is 4.84. The minimum atomic E-state index is 0.356. The normalized spacial score (nSPS) is 15.2. The quantitative estimate of drug-likeness (QED) is 0.613. The molecule has 0 saturated carbocycles. The summed E-state index contributed by atoms with van der Waals surface area (Å²) in [5.41, 5.74) is 0.356. The zero-order valence-corrected chi connectivity index (χ0v) is 9.65. The lowest BCUT2D eigenvalue weighted by Gasteiger charge is -2.39. The third-order valence-corrected chi connectivity index (χ3v) is 3.19. The van der Waals surface area contributed by atoms with Crippen molar-refractivity contribution >= 4 is 0 Å². The summed E-state index contributed by atoms with van der Waals surface area (Å²) in [6.07, 6.45) is 3.81. The van der Waals surface area contributed by atoms with Crippen LogP contribution >= 0.6 is 0 Å². The smallest absolute Gasteiger partial charge is 0.0150 e. The molecule has 0 aliphatic heterocycles. The van der Waals surface area contributed by atoms with E-state index < -0.39 is 0 Å². The van der Waals surface area contributed by atoms with Gasteiger partial charge in [0.2, 0.25) is 0 Å². The van der Waals surface area contributed by atoms with Crippen molar-refractivity contribution in [2.45, 2.75) is 65.5 Å². The van der Waals surface area contributed by atoms with Crippen LogP contribution in [0, 0.1) is 0 Å². The van der Waals surface area contributed by atoms with Gasteiger partial charge in [0.25, 0.3) is 0 Å². The Morgan fingerprint density at radius 3 is 2.08 bits per heavy atom. The maximum Gasteiger partial charge on any atom is 0.0150 e. The fourth-order valence-electron chi connectivity index (χ4n) is 1.46. The minimum Gasteiger partial charge on any atom is -0.299 e. The Bertz CT molecular complexity index is 118. The average molecular weight is 171 g/mol. The van der Waals surface area contributed by atoms with Crippen molar-refractivity contribution in [1.82, 2.24) is 4.90 Å². The van der Waals surface area contributed by atoms with E-state index in [-0.39, 0.29) is 0 Å². The van der Waals surface area contributed by atoms with Crippen LogP contribution in [0.3, 0.4) is 0 Å². The number of hydrogen-bond acceptors (Lipinski definition) is 1. The molecule has 1 nitrogen and oxygen atoms in total. The third-order valence-electron chi connectivity index (χ3n) is 3.19. The molecule has 0 aliphatic rings. The van der Waals surface area contributed by atoms with Crippen molar-refractivity contribution in [2.75, 3.05) is 7.05 Å². The third kappa shape index (κ3) is 3.14. The zero-order valence-electron chi connectivity index (χ0n) is 9.65. The van der Waals surface area contributed by atoms with Gasteiger partial charge in [0.15, 0.2) is 0 Å². The molecule has 0 aromatic rings. The molecule has 0 aliphatic carbocycles. The summed E-state index contributed by atoms with van der Waals surface area (Å²) >= 11 is 0. The largest absolute Gasteiger partial charge is 0.299 e. The van der Waals surface area contributed by atoms with Crippen LogP contribution in [0.5, 0.6) is 0 Å². The van der Waals surface area contributed by atoms with Gasteiger partial charge in [-0.1, -0.05) is 20.3 Å². The van der Waals surface area contributed by atoms with Crippen LogP contribution < -0.4 is 0 Å². The first-order chi connectivity index (χ1) is 5.45. The summed E-state index contributed by atoms with van der Waals surface area (Å²) in [5, 5.41) is 0. The highest BCUT2D eigenvalue weighted by molar-refractivity contribution is 4.80. The standard InChI is InChI=1S/C11H25N/c1-7-9-10(3)12(6)11(4,5)8-2/h10H,7-9H2,1-6H3. The van der Waals surface area contributed by atoms with Crippen molar-refractivity contribution in [3.8, 4) is 0 Å². The van der Waals surface area contributed by atoms with E-state index in [4.69, 9.17) is 0 Å². The predicted molar refractivity (Wildman–Crippen MR) is 56.5 cm³/mol. The van der Waals surface area contributed by atoms with E-state index in [1.165, 1.54) is 19.3 Å². The van der Waals surface area contributed by atoms with Crippen molar-refractivity contribution in [3.63, 3.8) is 0 Å². The van der Waals surface area contributed by atoms with Gasteiger partial charge >= 0.3 is 0 Å². The molecule has 1 heteroatoms. The monoisotopic (exact) mass is 171 g/mol. The molecule has 0 fully saturated rings. The SMILES string of the molecule is CCCC(C)N(C)C(C)(C)CC. The molecule has 0 N–H and O–H groups in total. The van der Waals surface area contributed by atoms with Crippen LogP contribution in [0.2, 0.25) is 0 Å². The molecule has 74 valence electrons. The van der Waals surface area contributed by atoms with Gasteiger partial charge in [0.1, 0.15) is 0 Å². The first-order valence-corrected chi connectivity index (χ1v) is 5.18. The molecular weight excluding hydrogens is 146 g/mol. The predicted octanol–water partition coefficient (Wildman–Crippen LogP) is 3.30. The minimum absolute atomic E-state index is 0.356. The van der Waals surface area contributed by atoms with Crippen molar-refractivity contribution in [1.29, 1.82) is 0 Å². The van der Waals surface area contributed by atoms with E-state index >= 15 is 0 Å². The molecule has 0 aromatic carbocycles. The van der Waals surface area contributed by atoms with Crippen LogP contribution in [0.4, 0.5) is 0 Å². The van der Waals surface area contributed by atoms with Crippen LogP contribution in [0.1, 0.15) is 53.9 Å². The molecule has 0 aromatic heterocycles. The maximum atomic E-state index is 2.50. The van der Waals surface area contributed by atoms with Crippen molar-refractivity contribution in [3.05, 3.63) is 0 Å². The molecular formula is C11H25N. The van der Waals surface area contributed by atoms with Gasteiger partial charge in [0.05, 0.1) is 0 Å². The second-order valence-corrected chi connectivity index (χ2v) is 4.41. The molecule has 0 bridgehead atoms. The van der Waals surface area contributed by atoms with Gasteiger partial charge in [-0.2, -0.15) is 0 Å². The summed E-state index contributed by atoms with van der Waals surface area (Å²) in [5.74, 6) is 0. The summed E-state index contributed by atoms with van der Waals surface area (Å²) in [7, 11) is 2.24. The second kappa shape index (κ2) is 4.86. The highest BCUT2D eigenvalue weighted by Crippen LogP contribution is 2.20. The fourth-order valence-corrected chi connectivity index (χ4v) is 1.46. The molecule has 0 amide bonds. The molecule has 0 radical (unpaired) electrons. The topological polar surface area (TPSA) is 3.24 Å². The lowest BCUT2D eigenvalue weighted by atomic mass is 9.97. The van der Waals surface area contributed by atoms with Gasteiger partial charge in [-0.25, -0.2) is 0 Å². The Labute approximate surface area is 78.1 Å². The number of rotatable bonds is 5. The van der Waals surface area contributed by atoms with E-state index in [1.54, 1.807) is 0 Å². The van der Waals surface area contributed by atoms with E-state index in [2.05, 4.69) is 46.6 Å².